The van der Waals surface area contributed by atoms with Crippen molar-refractivity contribution in [3.8, 4) is 0 Å². The number of carbonyl (C=O) groups excluding carboxylic acids is 3. The van der Waals surface area contributed by atoms with Crippen LogP contribution in [0.1, 0.15) is 145 Å². The summed E-state index contributed by atoms with van der Waals surface area (Å²) in [6, 6.07) is 0.381. The van der Waals surface area contributed by atoms with Crippen molar-refractivity contribution in [1.29, 1.82) is 0 Å². The first-order valence-electron chi connectivity index (χ1n) is 19.5. The van der Waals surface area contributed by atoms with Crippen molar-refractivity contribution in [3.05, 3.63) is 0 Å². The number of aliphatic carboxylic acids is 1. The van der Waals surface area contributed by atoms with Crippen LogP contribution in [-0.4, -0.2) is 95.4 Å². The summed E-state index contributed by atoms with van der Waals surface area (Å²) < 4.78 is 9.99. The van der Waals surface area contributed by atoms with Crippen molar-refractivity contribution < 1.29 is 33.8 Å². The van der Waals surface area contributed by atoms with Crippen LogP contribution >= 0.6 is 0 Å². The molecule has 11 heteroatoms. The Morgan fingerprint density at radius 1 is 0.755 bits per heavy atom. The molecule has 11 nitrogen and oxygen atoms in total. The molecule has 2 saturated heterocycles. The molecule has 0 bridgehead atoms. The van der Waals surface area contributed by atoms with Gasteiger partial charge in [-0.15, -0.1) is 0 Å². The SMILES string of the molecule is CCC[C@@H](N[C@H](C)C(=O)N1[C@H](C)C[C@@H]2CCCC[C@@H]21)C(=O)OCC.CCC[C@@H](N[C@H](C)C(=O)O)C(=O)OCC.C[C@@H]1C[C@@H]2CCCC[C@@H]2N1. The number of hydrogen-bond acceptors (Lipinski definition) is 9. The number of likely N-dealkylation sites (tertiary alicyclic amines) is 1. The second-order valence-electron chi connectivity index (χ2n) is 14.7. The number of hydrogen-bond donors (Lipinski definition) is 4. The molecule has 0 aromatic carbocycles. The van der Waals surface area contributed by atoms with Crippen LogP contribution in [0.25, 0.3) is 0 Å². The molecule has 2 aliphatic heterocycles. The number of amides is 1. The Morgan fingerprint density at radius 3 is 1.78 bits per heavy atom. The van der Waals surface area contributed by atoms with E-state index >= 15 is 0 Å². The summed E-state index contributed by atoms with van der Waals surface area (Å²) in [5, 5.41) is 18.3. The number of carbonyl (C=O) groups is 4. The standard InChI is InChI=1S/C19H34N2O3.C10H19NO4.C9H17N/c1-5-9-16(19(23)24-6-2)20-14(4)18(22)21-13(3)12-15-10-7-8-11-17(15)21;1-4-6-8(10(14)15-5-2)11-7(3)9(12)13;1-7-6-8-4-2-3-5-9(8)10-7/h13-17,20H,5-12H2,1-4H3;7-8,11H,4-6H2,1-3H3,(H,12,13);7-10H,2-6H2,1H3/t13-,14-,15+,16-,17+;7-,8-;7-,8+,9+/m111/s1. The molecule has 49 heavy (non-hydrogen) atoms. The third-order valence-electron chi connectivity index (χ3n) is 10.6. The fourth-order valence-corrected chi connectivity index (χ4v) is 8.26. The van der Waals surface area contributed by atoms with Crippen LogP contribution in [0.5, 0.6) is 0 Å². The minimum absolute atomic E-state index is 0.141. The zero-order chi connectivity index (χ0) is 36.5. The van der Waals surface area contributed by atoms with E-state index in [2.05, 4.69) is 34.7 Å². The maximum absolute atomic E-state index is 13.0. The lowest BCUT2D eigenvalue weighted by molar-refractivity contribution is -0.148. The molecule has 0 unspecified atom stereocenters. The smallest absolute Gasteiger partial charge is 0.323 e. The van der Waals surface area contributed by atoms with E-state index in [-0.39, 0.29) is 23.9 Å². The van der Waals surface area contributed by atoms with Crippen molar-refractivity contribution in [1.82, 2.24) is 20.9 Å². The van der Waals surface area contributed by atoms with Crippen LogP contribution in [0.15, 0.2) is 0 Å². The molecule has 2 aliphatic carbocycles. The predicted octanol–water partition coefficient (Wildman–Crippen LogP) is 5.58. The van der Waals surface area contributed by atoms with Gasteiger partial charge in [-0.25, -0.2) is 0 Å². The molecule has 1 amide bonds. The van der Waals surface area contributed by atoms with Gasteiger partial charge in [0.15, 0.2) is 0 Å². The Balaban J connectivity index is 0.000000282. The number of esters is 2. The molecular weight excluding hydrogens is 624 g/mol. The molecule has 0 spiro atoms. The summed E-state index contributed by atoms with van der Waals surface area (Å²) in [5.74, 6) is 0.240. The van der Waals surface area contributed by atoms with Gasteiger partial charge in [-0.3, -0.25) is 29.8 Å². The van der Waals surface area contributed by atoms with Crippen LogP contribution in [-0.2, 0) is 28.7 Å². The summed E-state index contributed by atoms with van der Waals surface area (Å²) in [4.78, 5) is 49.3. The highest BCUT2D eigenvalue weighted by atomic mass is 16.5. The van der Waals surface area contributed by atoms with E-state index in [0.29, 0.717) is 44.1 Å². The molecule has 4 fully saturated rings. The lowest BCUT2D eigenvalue weighted by Crippen LogP contribution is -2.54. The van der Waals surface area contributed by atoms with Gasteiger partial charge in [0.05, 0.1) is 19.3 Å². The zero-order valence-corrected chi connectivity index (χ0v) is 31.9. The fraction of sp³-hybridized carbons (Fsp3) is 0.895. The minimum atomic E-state index is -0.972. The summed E-state index contributed by atoms with van der Waals surface area (Å²) in [5.41, 5.74) is 0. The first-order chi connectivity index (χ1) is 23.4. The summed E-state index contributed by atoms with van der Waals surface area (Å²) in [7, 11) is 0. The number of fused-ring (bicyclic) bond motifs is 2. The van der Waals surface area contributed by atoms with E-state index in [1.165, 1.54) is 58.3 Å². The number of rotatable bonds is 14. The Morgan fingerprint density at radius 2 is 1.27 bits per heavy atom. The highest BCUT2D eigenvalue weighted by Gasteiger charge is 2.44. The lowest BCUT2D eigenvalue weighted by Gasteiger charge is -2.35. The van der Waals surface area contributed by atoms with Crippen molar-refractivity contribution in [2.75, 3.05) is 13.2 Å². The zero-order valence-electron chi connectivity index (χ0n) is 31.9. The van der Waals surface area contributed by atoms with Gasteiger partial charge >= 0.3 is 17.9 Å². The molecule has 4 rings (SSSR count). The van der Waals surface area contributed by atoms with Crippen molar-refractivity contribution in [2.24, 2.45) is 11.8 Å². The molecule has 2 saturated carbocycles. The maximum Gasteiger partial charge on any atom is 0.323 e. The van der Waals surface area contributed by atoms with Crippen LogP contribution in [0.4, 0.5) is 0 Å². The van der Waals surface area contributed by atoms with Gasteiger partial charge in [0.1, 0.15) is 18.1 Å². The Kier molecular flexibility index (Phi) is 19.8. The van der Waals surface area contributed by atoms with Crippen molar-refractivity contribution >= 4 is 23.8 Å². The number of ether oxygens (including phenoxy) is 2. The van der Waals surface area contributed by atoms with Crippen LogP contribution in [0.2, 0.25) is 0 Å². The average molecular weight is 695 g/mol. The van der Waals surface area contributed by atoms with Gasteiger partial charge in [0.25, 0.3) is 0 Å². The summed E-state index contributed by atoms with van der Waals surface area (Å²) in [6.07, 6.45) is 16.3. The van der Waals surface area contributed by atoms with Crippen LogP contribution in [0, 0.1) is 11.8 Å². The highest BCUT2D eigenvalue weighted by molar-refractivity contribution is 5.84. The first kappa shape index (κ1) is 42.9. The lowest BCUT2D eigenvalue weighted by atomic mass is 9.85. The third-order valence-corrected chi connectivity index (χ3v) is 10.6. The van der Waals surface area contributed by atoms with E-state index in [4.69, 9.17) is 14.6 Å². The highest BCUT2D eigenvalue weighted by Crippen LogP contribution is 2.40. The largest absolute Gasteiger partial charge is 0.480 e. The maximum atomic E-state index is 13.0. The monoisotopic (exact) mass is 695 g/mol. The molecule has 0 aromatic rings. The number of carboxylic acid groups (broad SMARTS) is 1. The second kappa shape index (κ2) is 22.6. The Labute approximate surface area is 296 Å². The normalized spacial score (nSPS) is 28.2. The molecule has 284 valence electrons. The minimum Gasteiger partial charge on any atom is -0.480 e. The van der Waals surface area contributed by atoms with Gasteiger partial charge in [-0.05, 0) is 105 Å². The topological polar surface area (TPSA) is 146 Å². The predicted molar refractivity (Wildman–Crippen MR) is 193 cm³/mol. The molecule has 4 N–H and O–H groups in total. The van der Waals surface area contributed by atoms with E-state index < -0.39 is 24.1 Å². The fourth-order valence-electron chi connectivity index (χ4n) is 8.26. The van der Waals surface area contributed by atoms with Crippen LogP contribution < -0.4 is 16.0 Å². The molecule has 10 atom stereocenters. The summed E-state index contributed by atoms with van der Waals surface area (Å²) in [6.45, 7) is 16.0. The van der Waals surface area contributed by atoms with E-state index in [1.807, 2.05) is 27.7 Å². The molecule has 0 aromatic heterocycles. The van der Waals surface area contributed by atoms with Gasteiger partial charge in [-0.1, -0.05) is 52.4 Å². The molecule has 2 heterocycles. The molecule has 4 aliphatic rings. The Bertz CT molecular complexity index is 999. The van der Waals surface area contributed by atoms with E-state index in [9.17, 15) is 19.2 Å². The van der Waals surface area contributed by atoms with Gasteiger partial charge in [0.2, 0.25) is 5.91 Å². The number of nitrogens with zero attached hydrogens (tertiary/aromatic N) is 1. The van der Waals surface area contributed by atoms with Crippen molar-refractivity contribution in [3.63, 3.8) is 0 Å². The second-order valence-corrected chi connectivity index (χ2v) is 14.7. The molecule has 0 radical (unpaired) electrons. The van der Waals surface area contributed by atoms with Gasteiger partial charge in [0, 0.05) is 24.2 Å². The van der Waals surface area contributed by atoms with E-state index in [1.54, 1.807) is 6.92 Å². The van der Waals surface area contributed by atoms with Crippen molar-refractivity contribution in [2.45, 2.75) is 194 Å². The van der Waals surface area contributed by atoms with Crippen LogP contribution in [0.3, 0.4) is 0 Å². The van der Waals surface area contributed by atoms with E-state index in [0.717, 1.165) is 43.7 Å². The van der Waals surface area contributed by atoms with Gasteiger partial charge < -0.3 is 24.8 Å². The number of nitrogens with one attached hydrogen (secondary N) is 3. The third kappa shape index (κ3) is 13.8. The number of carboxylic acids is 1. The summed E-state index contributed by atoms with van der Waals surface area (Å²) >= 11 is 0. The average Bonchev–Trinajstić information content (AvgIpc) is 3.62. The molecular formula is C38H70N4O7. The Hall–Kier alpha value is -2.24. The quantitative estimate of drug-likeness (QED) is 0.170. The first-order valence-corrected chi connectivity index (χ1v) is 19.5. The van der Waals surface area contributed by atoms with Gasteiger partial charge in [-0.2, -0.15) is 0 Å².